The molecule has 1 fully saturated rings. The molecule has 0 spiro atoms. The van der Waals surface area contributed by atoms with Crippen LogP contribution in [-0.4, -0.2) is 48.4 Å². The molecule has 0 saturated carbocycles. The Morgan fingerprint density at radius 1 is 1.08 bits per heavy atom. The van der Waals surface area contributed by atoms with Crippen LogP contribution >= 0.6 is 0 Å². The number of fused-ring (bicyclic) bond motifs is 3. The second-order valence-electron chi connectivity index (χ2n) is 9.72. The van der Waals surface area contributed by atoms with Crippen LogP contribution in [0, 0.1) is 6.92 Å². The van der Waals surface area contributed by atoms with Crippen LogP contribution < -0.4 is 16.3 Å². The highest BCUT2D eigenvalue weighted by molar-refractivity contribution is 6.04. The van der Waals surface area contributed by atoms with Crippen LogP contribution in [0.3, 0.4) is 0 Å². The van der Waals surface area contributed by atoms with Crippen LogP contribution in [0.15, 0.2) is 53.6 Å². The topological polar surface area (TPSA) is 115 Å². The van der Waals surface area contributed by atoms with Crippen molar-refractivity contribution in [1.29, 1.82) is 0 Å². The SMILES string of the molecule is Cc1nc(N2CCC(O)C2)ccc1-n1c(=O)n(C)c2cnc3ccc(-c4cnc(N)c(C(F)(F)F)c4)cc3c21. The number of benzene rings is 1. The summed E-state index contributed by atoms with van der Waals surface area (Å²) in [5, 5.41) is 10.5. The van der Waals surface area contributed by atoms with Gasteiger partial charge in [-0.05, 0) is 49.2 Å². The van der Waals surface area contributed by atoms with Crippen LogP contribution in [0.5, 0.6) is 0 Å². The summed E-state index contributed by atoms with van der Waals surface area (Å²) in [4.78, 5) is 28.4. The van der Waals surface area contributed by atoms with E-state index in [2.05, 4.69) is 9.97 Å². The first kappa shape index (κ1) is 24.9. The van der Waals surface area contributed by atoms with E-state index >= 15 is 0 Å². The van der Waals surface area contributed by atoms with Crippen LogP contribution in [0.2, 0.25) is 0 Å². The zero-order valence-corrected chi connectivity index (χ0v) is 21.1. The van der Waals surface area contributed by atoms with Crippen LogP contribution in [0.25, 0.3) is 38.8 Å². The van der Waals surface area contributed by atoms with E-state index in [1.165, 1.54) is 10.8 Å². The van der Waals surface area contributed by atoms with Gasteiger partial charge in [0.05, 0.1) is 45.8 Å². The summed E-state index contributed by atoms with van der Waals surface area (Å²) < 4.78 is 43.5. The average Bonchev–Trinajstić information content (AvgIpc) is 3.44. The Hall–Kier alpha value is -4.45. The van der Waals surface area contributed by atoms with Gasteiger partial charge in [-0.15, -0.1) is 0 Å². The van der Waals surface area contributed by atoms with Crippen molar-refractivity contribution in [2.45, 2.75) is 25.6 Å². The molecule has 1 atom stereocenters. The number of anilines is 2. The van der Waals surface area contributed by atoms with E-state index < -0.39 is 23.7 Å². The van der Waals surface area contributed by atoms with Gasteiger partial charge >= 0.3 is 11.9 Å². The lowest BCUT2D eigenvalue weighted by molar-refractivity contribution is -0.137. The van der Waals surface area contributed by atoms with Gasteiger partial charge < -0.3 is 15.7 Å². The third-order valence-corrected chi connectivity index (χ3v) is 7.21. The number of rotatable bonds is 3. The molecular formula is C27H24F3N7O2. The van der Waals surface area contributed by atoms with E-state index in [1.54, 1.807) is 36.0 Å². The van der Waals surface area contributed by atoms with Gasteiger partial charge in [0.15, 0.2) is 0 Å². The fraction of sp³-hybridized carbons (Fsp3) is 0.259. The molecule has 6 rings (SSSR count). The Bertz CT molecular complexity index is 1830. The van der Waals surface area contributed by atoms with Crippen molar-refractivity contribution in [2.75, 3.05) is 23.7 Å². The van der Waals surface area contributed by atoms with E-state index in [4.69, 9.17) is 10.7 Å². The van der Waals surface area contributed by atoms with Crippen LogP contribution in [0.4, 0.5) is 24.8 Å². The Balaban J connectivity index is 1.55. The highest BCUT2D eigenvalue weighted by Crippen LogP contribution is 2.36. The predicted octanol–water partition coefficient (Wildman–Crippen LogP) is 3.81. The van der Waals surface area contributed by atoms with Crippen molar-refractivity contribution in [3.8, 4) is 16.8 Å². The lowest BCUT2D eigenvalue weighted by Crippen LogP contribution is -2.24. The maximum absolute atomic E-state index is 13.5. The number of nitrogen functional groups attached to an aromatic ring is 1. The number of alkyl halides is 3. The van der Waals surface area contributed by atoms with Crippen LogP contribution in [-0.2, 0) is 13.2 Å². The number of imidazole rings is 1. The molecular weight excluding hydrogens is 511 g/mol. The van der Waals surface area contributed by atoms with Crippen LogP contribution in [0.1, 0.15) is 17.7 Å². The lowest BCUT2D eigenvalue weighted by atomic mass is 10.0. The largest absolute Gasteiger partial charge is 0.419 e. The van der Waals surface area contributed by atoms with Gasteiger partial charge in [-0.3, -0.25) is 14.1 Å². The minimum absolute atomic E-state index is 0.232. The van der Waals surface area contributed by atoms with Gasteiger partial charge in [0.25, 0.3) is 0 Å². The van der Waals surface area contributed by atoms with Crippen molar-refractivity contribution in [1.82, 2.24) is 24.1 Å². The number of nitrogens with zero attached hydrogens (tertiary/aromatic N) is 6. The molecule has 1 aliphatic heterocycles. The molecule has 1 unspecified atom stereocenters. The lowest BCUT2D eigenvalue weighted by Gasteiger charge is -2.18. The van der Waals surface area contributed by atoms with Crippen molar-refractivity contribution < 1.29 is 18.3 Å². The standard InChI is InChI=1S/C27H24F3N7O2/c1-14-21(5-6-23(34-14)36-8-7-17(38)13-36)37-24-18-9-15(16-10-19(27(28,29)30)25(31)33-11-16)3-4-20(18)32-12-22(24)35(2)26(37)39/h3-6,9-12,17,38H,7-8,13H2,1-2H3,(H2,31,33). The highest BCUT2D eigenvalue weighted by atomic mass is 19.4. The third-order valence-electron chi connectivity index (χ3n) is 7.21. The van der Waals surface area contributed by atoms with Crippen molar-refractivity contribution in [3.63, 3.8) is 0 Å². The quantitative estimate of drug-likeness (QED) is 0.361. The summed E-state index contributed by atoms with van der Waals surface area (Å²) in [5.74, 6) is 0.120. The molecule has 0 aliphatic carbocycles. The van der Waals surface area contributed by atoms with E-state index in [0.717, 1.165) is 6.07 Å². The molecule has 39 heavy (non-hydrogen) atoms. The molecule has 0 radical (unpaired) electrons. The smallest absolute Gasteiger partial charge is 0.391 e. The first-order chi connectivity index (χ1) is 18.5. The summed E-state index contributed by atoms with van der Waals surface area (Å²) in [7, 11) is 1.64. The number of halogens is 3. The van der Waals surface area contributed by atoms with E-state index in [0.29, 0.717) is 64.2 Å². The molecule has 0 bridgehead atoms. The predicted molar refractivity (Wildman–Crippen MR) is 142 cm³/mol. The van der Waals surface area contributed by atoms with E-state index in [9.17, 15) is 23.1 Å². The first-order valence-corrected chi connectivity index (χ1v) is 12.3. The second-order valence-corrected chi connectivity index (χ2v) is 9.72. The first-order valence-electron chi connectivity index (χ1n) is 12.3. The Kier molecular flexibility index (Phi) is 5.61. The fourth-order valence-corrected chi connectivity index (χ4v) is 5.16. The normalized spacial score (nSPS) is 16.1. The third kappa shape index (κ3) is 4.07. The molecule has 1 aliphatic rings. The summed E-state index contributed by atoms with van der Waals surface area (Å²) in [6.45, 7) is 3.00. The number of hydrogen-bond acceptors (Lipinski definition) is 7. The van der Waals surface area contributed by atoms with E-state index in [-0.39, 0.29) is 11.3 Å². The Morgan fingerprint density at radius 2 is 1.87 bits per heavy atom. The Labute approximate surface area is 220 Å². The molecule has 12 heteroatoms. The summed E-state index contributed by atoms with van der Waals surface area (Å²) in [5.41, 5.74) is 7.73. The number of aliphatic hydroxyl groups excluding tert-OH is 1. The molecule has 200 valence electrons. The molecule has 0 amide bonds. The zero-order valence-electron chi connectivity index (χ0n) is 21.1. The second kappa shape index (κ2) is 8.80. The van der Waals surface area contributed by atoms with Gasteiger partial charge in [-0.25, -0.2) is 14.8 Å². The van der Waals surface area contributed by atoms with Crippen molar-refractivity contribution in [3.05, 3.63) is 70.5 Å². The van der Waals surface area contributed by atoms with Gasteiger partial charge in [-0.1, -0.05) is 6.07 Å². The monoisotopic (exact) mass is 535 g/mol. The molecule has 1 saturated heterocycles. The zero-order chi connectivity index (χ0) is 27.6. The average molecular weight is 536 g/mol. The molecule has 5 aromatic rings. The van der Waals surface area contributed by atoms with Crippen molar-refractivity contribution >= 4 is 33.6 Å². The number of aryl methyl sites for hydroxylation is 2. The number of β-amino-alcohol motifs (C(OH)–C–C–N with tert-alkyl or cyclic N) is 1. The number of hydrogen-bond donors (Lipinski definition) is 2. The van der Waals surface area contributed by atoms with Gasteiger partial charge in [0.2, 0.25) is 0 Å². The number of aromatic nitrogens is 5. The van der Waals surface area contributed by atoms with Gasteiger partial charge in [-0.2, -0.15) is 13.2 Å². The number of pyridine rings is 3. The maximum Gasteiger partial charge on any atom is 0.419 e. The minimum atomic E-state index is -4.65. The number of nitrogens with two attached hydrogens (primary N) is 1. The fourth-order valence-electron chi connectivity index (χ4n) is 5.16. The summed E-state index contributed by atoms with van der Waals surface area (Å²) in [6.07, 6.45) is -1.49. The molecule has 3 N–H and O–H groups in total. The summed E-state index contributed by atoms with van der Waals surface area (Å²) in [6, 6.07) is 9.67. The molecule has 4 aromatic heterocycles. The highest BCUT2D eigenvalue weighted by Gasteiger charge is 2.34. The maximum atomic E-state index is 13.5. The van der Waals surface area contributed by atoms with Crippen molar-refractivity contribution in [2.24, 2.45) is 7.05 Å². The number of aliphatic hydroxyl groups is 1. The van der Waals surface area contributed by atoms with Gasteiger partial charge in [0.1, 0.15) is 11.6 Å². The van der Waals surface area contributed by atoms with Gasteiger partial charge in [0, 0.05) is 37.3 Å². The Morgan fingerprint density at radius 3 is 2.56 bits per heavy atom. The molecule has 9 nitrogen and oxygen atoms in total. The summed E-state index contributed by atoms with van der Waals surface area (Å²) >= 11 is 0. The van der Waals surface area contributed by atoms with E-state index in [1.807, 2.05) is 24.0 Å². The minimum Gasteiger partial charge on any atom is -0.391 e. The molecule has 5 heterocycles. The molecule has 1 aromatic carbocycles.